The zero-order valence-electron chi connectivity index (χ0n) is 11.3. The van der Waals surface area contributed by atoms with E-state index in [1.807, 2.05) is 0 Å². The fraction of sp³-hybridized carbons (Fsp3) is 0.0769. The van der Waals surface area contributed by atoms with Gasteiger partial charge in [-0.2, -0.15) is 0 Å². The fourth-order valence-electron chi connectivity index (χ4n) is 1.61. The molecule has 1 aromatic carbocycles. The number of nitrogens with one attached hydrogen (secondary N) is 1. The maximum absolute atomic E-state index is 13.3. The van der Waals surface area contributed by atoms with Crippen LogP contribution in [-0.4, -0.2) is 31.6 Å². The van der Waals surface area contributed by atoms with Gasteiger partial charge in [0, 0.05) is 6.07 Å². The second-order valence-corrected chi connectivity index (χ2v) is 5.82. The van der Waals surface area contributed by atoms with Crippen LogP contribution in [0.4, 0.5) is 10.1 Å². The molecule has 116 valence electrons. The van der Waals surface area contributed by atoms with Crippen LogP contribution in [0, 0.1) is 5.82 Å². The lowest BCUT2D eigenvalue weighted by atomic mass is 10.2. The zero-order chi connectivity index (χ0) is 16.3. The van der Waals surface area contributed by atoms with Gasteiger partial charge in [0.1, 0.15) is 5.82 Å². The third kappa shape index (κ3) is 3.31. The van der Waals surface area contributed by atoms with E-state index >= 15 is 0 Å². The number of carbonyl (C=O) groups is 1. The van der Waals surface area contributed by atoms with Crippen LogP contribution in [0.1, 0.15) is 10.4 Å². The first-order chi connectivity index (χ1) is 10.3. The van der Waals surface area contributed by atoms with Gasteiger partial charge in [0.15, 0.2) is 0 Å². The van der Waals surface area contributed by atoms with Gasteiger partial charge in [0.2, 0.25) is 5.88 Å². The van der Waals surface area contributed by atoms with Crippen molar-refractivity contribution >= 4 is 21.7 Å². The molecule has 0 atom stereocenters. The van der Waals surface area contributed by atoms with Crippen molar-refractivity contribution in [2.75, 3.05) is 11.8 Å². The molecule has 0 aliphatic rings. The first-order valence-corrected chi connectivity index (χ1v) is 7.37. The van der Waals surface area contributed by atoms with Gasteiger partial charge in [-0.3, -0.25) is 4.72 Å². The van der Waals surface area contributed by atoms with E-state index in [-0.39, 0.29) is 10.6 Å². The number of halogens is 1. The molecule has 9 heteroatoms. The second kappa shape index (κ2) is 5.98. The molecule has 0 aliphatic heterocycles. The number of rotatable bonds is 5. The number of aromatic carboxylic acids is 1. The van der Waals surface area contributed by atoms with E-state index in [2.05, 4.69) is 9.71 Å². The Kier molecular flexibility index (Phi) is 4.27. The summed E-state index contributed by atoms with van der Waals surface area (Å²) in [5.41, 5.74) is -0.572. The molecule has 0 fully saturated rings. The van der Waals surface area contributed by atoms with Gasteiger partial charge in [-0.1, -0.05) is 0 Å². The number of methoxy groups -OCH3 is 1. The van der Waals surface area contributed by atoms with E-state index < -0.39 is 27.4 Å². The summed E-state index contributed by atoms with van der Waals surface area (Å²) in [5.74, 6) is -2.27. The molecule has 22 heavy (non-hydrogen) atoms. The van der Waals surface area contributed by atoms with E-state index in [4.69, 9.17) is 9.84 Å². The van der Waals surface area contributed by atoms with E-state index in [1.165, 1.54) is 25.4 Å². The molecule has 0 spiro atoms. The summed E-state index contributed by atoms with van der Waals surface area (Å²) in [6.45, 7) is 0. The highest BCUT2D eigenvalue weighted by molar-refractivity contribution is 7.92. The van der Waals surface area contributed by atoms with Gasteiger partial charge in [-0.25, -0.2) is 22.6 Å². The predicted molar refractivity (Wildman–Crippen MR) is 75.0 cm³/mol. The van der Waals surface area contributed by atoms with Crippen molar-refractivity contribution in [1.82, 2.24) is 4.98 Å². The highest BCUT2D eigenvalue weighted by Crippen LogP contribution is 2.19. The Morgan fingerprint density at radius 3 is 2.59 bits per heavy atom. The largest absolute Gasteiger partial charge is 0.481 e. The highest BCUT2D eigenvalue weighted by Gasteiger charge is 2.19. The zero-order valence-corrected chi connectivity index (χ0v) is 12.1. The van der Waals surface area contributed by atoms with Gasteiger partial charge < -0.3 is 9.84 Å². The molecule has 0 amide bonds. The second-order valence-electron chi connectivity index (χ2n) is 4.14. The van der Waals surface area contributed by atoms with Crippen molar-refractivity contribution in [3.63, 3.8) is 0 Å². The molecule has 0 saturated heterocycles. The number of nitrogens with zero attached hydrogens (tertiary/aromatic N) is 1. The van der Waals surface area contributed by atoms with Crippen LogP contribution < -0.4 is 9.46 Å². The Hall–Kier alpha value is -2.68. The summed E-state index contributed by atoms with van der Waals surface area (Å²) in [7, 11) is -2.65. The Balaban J connectivity index is 2.33. The minimum atomic E-state index is -4.07. The number of aromatic nitrogens is 1. The first-order valence-electron chi connectivity index (χ1n) is 5.89. The van der Waals surface area contributed by atoms with Crippen molar-refractivity contribution in [1.29, 1.82) is 0 Å². The number of ether oxygens (including phenoxy) is 1. The Labute approximate surface area is 125 Å². The SMILES string of the molecule is COc1ccc(NS(=O)(=O)c2ccc(F)c(C(=O)O)c2)cn1. The van der Waals surface area contributed by atoms with Crippen LogP contribution in [0.5, 0.6) is 5.88 Å². The van der Waals surface area contributed by atoms with E-state index in [0.29, 0.717) is 5.88 Å². The summed E-state index contributed by atoms with van der Waals surface area (Å²) in [5, 5.41) is 8.82. The van der Waals surface area contributed by atoms with E-state index in [0.717, 1.165) is 18.2 Å². The molecule has 7 nitrogen and oxygen atoms in total. The number of hydrogen-bond acceptors (Lipinski definition) is 5. The van der Waals surface area contributed by atoms with Gasteiger partial charge >= 0.3 is 5.97 Å². The number of sulfonamides is 1. The van der Waals surface area contributed by atoms with Crippen molar-refractivity contribution < 1.29 is 27.4 Å². The third-order valence-electron chi connectivity index (χ3n) is 2.68. The van der Waals surface area contributed by atoms with Crippen LogP contribution in [0.15, 0.2) is 41.4 Å². The molecule has 2 rings (SSSR count). The molecule has 0 aliphatic carbocycles. The summed E-state index contributed by atoms with van der Waals surface area (Å²) in [6.07, 6.45) is 1.23. The molecule has 1 aromatic heterocycles. The lowest BCUT2D eigenvalue weighted by molar-refractivity contribution is 0.0691. The van der Waals surface area contributed by atoms with Crippen LogP contribution in [0.2, 0.25) is 0 Å². The topological polar surface area (TPSA) is 106 Å². The van der Waals surface area contributed by atoms with Gasteiger partial charge in [-0.05, 0) is 24.3 Å². The van der Waals surface area contributed by atoms with Crippen molar-refractivity contribution in [2.45, 2.75) is 4.90 Å². The molecule has 0 bridgehead atoms. The minimum absolute atomic E-state index is 0.155. The molecule has 0 unspecified atom stereocenters. The van der Waals surface area contributed by atoms with Crippen LogP contribution in [-0.2, 0) is 10.0 Å². The number of benzene rings is 1. The maximum atomic E-state index is 13.3. The standard InChI is InChI=1S/C13H11FN2O5S/c1-21-12-5-2-8(7-15-12)16-22(19,20)9-3-4-11(14)10(6-9)13(17)18/h2-7,16H,1H3,(H,17,18). The Bertz CT molecular complexity index is 806. The average Bonchev–Trinajstić information content (AvgIpc) is 2.47. The summed E-state index contributed by atoms with van der Waals surface area (Å²) in [6, 6.07) is 5.37. The predicted octanol–water partition coefficient (Wildman–Crippen LogP) is 1.73. The fourth-order valence-corrected chi connectivity index (χ4v) is 2.68. The molecular formula is C13H11FN2O5S. The summed E-state index contributed by atoms with van der Waals surface area (Å²) in [4.78, 5) is 14.3. The molecule has 0 saturated carbocycles. The number of anilines is 1. The Morgan fingerprint density at radius 1 is 1.32 bits per heavy atom. The summed E-state index contributed by atoms with van der Waals surface area (Å²) < 4.78 is 44.7. The van der Waals surface area contributed by atoms with Gasteiger partial charge in [0.05, 0.1) is 29.5 Å². The quantitative estimate of drug-likeness (QED) is 0.867. The number of pyridine rings is 1. The lowest BCUT2D eigenvalue weighted by Crippen LogP contribution is -2.14. The smallest absolute Gasteiger partial charge is 0.338 e. The van der Waals surface area contributed by atoms with Gasteiger partial charge in [-0.15, -0.1) is 0 Å². The average molecular weight is 326 g/mol. The summed E-state index contributed by atoms with van der Waals surface area (Å²) >= 11 is 0. The molecule has 0 radical (unpaired) electrons. The monoisotopic (exact) mass is 326 g/mol. The van der Waals surface area contributed by atoms with Crippen molar-refractivity contribution in [3.8, 4) is 5.88 Å². The molecule has 2 aromatic rings. The van der Waals surface area contributed by atoms with Crippen LogP contribution in [0.25, 0.3) is 0 Å². The van der Waals surface area contributed by atoms with Crippen LogP contribution >= 0.6 is 0 Å². The van der Waals surface area contributed by atoms with Gasteiger partial charge in [0.25, 0.3) is 10.0 Å². The maximum Gasteiger partial charge on any atom is 0.338 e. The molecule has 1 heterocycles. The Morgan fingerprint density at radius 2 is 2.05 bits per heavy atom. The molecule has 2 N–H and O–H groups in total. The number of hydrogen-bond donors (Lipinski definition) is 2. The molecular weight excluding hydrogens is 315 g/mol. The number of carboxylic acids is 1. The van der Waals surface area contributed by atoms with Crippen molar-refractivity contribution in [2.24, 2.45) is 0 Å². The lowest BCUT2D eigenvalue weighted by Gasteiger charge is -2.09. The van der Waals surface area contributed by atoms with Crippen molar-refractivity contribution in [3.05, 3.63) is 47.9 Å². The van der Waals surface area contributed by atoms with E-state index in [1.54, 1.807) is 0 Å². The minimum Gasteiger partial charge on any atom is -0.481 e. The number of carboxylic acid groups (broad SMARTS) is 1. The normalized spacial score (nSPS) is 11.0. The first kappa shape index (κ1) is 15.7. The highest BCUT2D eigenvalue weighted by atomic mass is 32.2. The van der Waals surface area contributed by atoms with Crippen LogP contribution in [0.3, 0.4) is 0 Å². The third-order valence-corrected chi connectivity index (χ3v) is 4.06. The van der Waals surface area contributed by atoms with E-state index in [9.17, 15) is 17.6 Å².